The number of Topliss-reactive ketones (excluding diaryl/α,β-unsaturated/α-hetero) is 1. The summed E-state index contributed by atoms with van der Waals surface area (Å²) in [6.45, 7) is 6.81. The Balaban J connectivity index is 2.19. The van der Waals surface area contributed by atoms with Gasteiger partial charge in [-0.1, -0.05) is 20.8 Å². The molecule has 1 heterocycles. The first-order valence-corrected chi connectivity index (χ1v) is 18.7. The van der Waals surface area contributed by atoms with Crippen molar-refractivity contribution in [3.05, 3.63) is 5.82 Å². The van der Waals surface area contributed by atoms with E-state index < -0.39 is 76.5 Å². The number of carbonyl (C=O) groups is 7. The average molecular weight is 777 g/mol. The van der Waals surface area contributed by atoms with E-state index in [1.165, 1.54) is 6.92 Å². The highest BCUT2D eigenvalue weighted by Crippen LogP contribution is 2.30. The van der Waals surface area contributed by atoms with Gasteiger partial charge in [0, 0.05) is 38.6 Å². The number of carbonyl (C=O) groups excluding carboxylic acids is 5. The molecule has 0 saturated carbocycles. The highest BCUT2D eigenvalue weighted by Gasteiger charge is 2.26. The molecule has 22 heteroatoms. The summed E-state index contributed by atoms with van der Waals surface area (Å²) in [5.74, 6) is -5.47. The van der Waals surface area contributed by atoms with Gasteiger partial charge in [0.1, 0.15) is 30.3 Å². The minimum Gasteiger partial charge on any atom is -0.480 e. The van der Waals surface area contributed by atoms with Gasteiger partial charge in [0.25, 0.3) is 0 Å². The van der Waals surface area contributed by atoms with Crippen LogP contribution >= 0.6 is 0 Å². The van der Waals surface area contributed by atoms with Gasteiger partial charge in [0.2, 0.25) is 33.7 Å². The van der Waals surface area contributed by atoms with Crippen LogP contribution in [0.2, 0.25) is 0 Å². The van der Waals surface area contributed by atoms with Gasteiger partial charge in [-0.2, -0.15) is 0 Å². The smallest absolute Gasteiger partial charge is 0.326 e. The molecule has 300 valence electrons. The summed E-state index contributed by atoms with van der Waals surface area (Å²) >= 11 is 0. The average Bonchev–Trinajstić information content (AvgIpc) is 3.53. The van der Waals surface area contributed by atoms with E-state index in [9.17, 15) is 52.2 Å². The van der Waals surface area contributed by atoms with Crippen LogP contribution in [-0.4, -0.2) is 131 Å². The fraction of sp³-hybridized carbons (Fsp3) is 0.742. The first kappa shape index (κ1) is 46.5. The molecule has 1 aromatic rings. The third-order valence-corrected chi connectivity index (χ3v) is 8.81. The molecule has 21 nitrogen and oxygen atoms in total. The van der Waals surface area contributed by atoms with Crippen molar-refractivity contribution in [3.8, 4) is 0 Å². The lowest BCUT2D eigenvalue weighted by Crippen LogP contribution is -2.45. The standard InChI is InChI=1S/C31H52N8O13S/c1-20(17-31(3,4)18-24-35-38-39-36-24)16-27(43)37-53(49,50)15-5-6-25(41)32-11-12-51-13-14-52-19-28(44)34-23(30(47)48)9-10-26(42)33-22(29(45)46)8-7-21(2)40/h20,22-23H,5-19H2,1-4H3,(H,32,41)(H,33,42)(H,34,44)(H,37,43)(H,45,46)(H,47,48)(H,35,36,38,39). The van der Waals surface area contributed by atoms with E-state index in [0.717, 1.165) is 0 Å². The van der Waals surface area contributed by atoms with E-state index in [1.54, 1.807) is 0 Å². The van der Waals surface area contributed by atoms with Gasteiger partial charge in [-0.05, 0) is 54.4 Å². The number of sulfonamides is 1. The number of amides is 4. The lowest BCUT2D eigenvalue weighted by molar-refractivity contribution is -0.144. The molecule has 3 atom stereocenters. The number of ketones is 1. The van der Waals surface area contributed by atoms with Gasteiger partial charge in [-0.25, -0.2) is 23.1 Å². The van der Waals surface area contributed by atoms with Gasteiger partial charge < -0.3 is 40.4 Å². The zero-order valence-electron chi connectivity index (χ0n) is 30.5. The number of nitrogens with one attached hydrogen (secondary N) is 5. The maximum atomic E-state index is 12.3. The summed E-state index contributed by atoms with van der Waals surface area (Å²) in [5.41, 5.74) is -0.232. The first-order chi connectivity index (χ1) is 24.8. The fourth-order valence-corrected chi connectivity index (χ4v) is 6.23. The molecule has 1 rings (SSSR count). The van der Waals surface area contributed by atoms with Crippen molar-refractivity contribution in [1.82, 2.24) is 41.3 Å². The van der Waals surface area contributed by atoms with Crippen LogP contribution in [0.25, 0.3) is 0 Å². The number of aromatic nitrogens is 4. The van der Waals surface area contributed by atoms with E-state index >= 15 is 0 Å². The minimum atomic E-state index is -3.93. The van der Waals surface area contributed by atoms with E-state index in [4.69, 9.17) is 9.47 Å². The van der Waals surface area contributed by atoms with Crippen LogP contribution in [0.15, 0.2) is 0 Å². The predicted molar refractivity (Wildman–Crippen MR) is 184 cm³/mol. The molecule has 4 amide bonds. The molecule has 0 aliphatic rings. The number of carboxylic acids is 2. The van der Waals surface area contributed by atoms with Crippen LogP contribution in [0.1, 0.15) is 84.9 Å². The van der Waals surface area contributed by atoms with Gasteiger partial charge in [-0.15, -0.1) is 5.10 Å². The topological polar surface area (TPSA) is 315 Å². The Bertz CT molecular complexity index is 1470. The Hall–Kier alpha value is -4.57. The summed E-state index contributed by atoms with van der Waals surface area (Å²) in [7, 11) is -3.93. The van der Waals surface area contributed by atoms with E-state index in [0.29, 0.717) is 18.7 Å². The van der Waals surface area contributed by atoms with Crippen LogP contribution in [0.5, 0.6) is 0 Å². The number of aromatic amines is 1. The molecular weight excluding hydrogens is 724 g/mol. The molecule has 0 fully saturated rings. The molecule has 0 aliphatic carbocycles. The maximum Gasteiger partial charge on any atom is 0.326 e. The highest BCUT2D eigenvalue weighted by atomic mass is 32.2. The van der Waals surface area contributed by atoms with Crippen LogP contribution in [0.3, 0.4) is 0 Å². The molecule has 1 aromatic heterocycles. The van der Waals surface area contributed by atoms with Crippen LogP contribution in [0, 0.1) is 11.3 Å². The summed E-state index contributed by atoms with van der Waals surface area (Å²) in [6, 6.07) is -2.75. The third-order valence-electron chi connectivity index (χ3n) is 7.44. The molecule has 7 N–H and O–H groups in total. The summed E-state index contributed by atoms with van der Waals surface area (Å²) in [5, 5.41) is 39.2. The summed E-state index contributed by atoms with van der Waals surface area (Å²) in [6.07, 6.45) is 0.199. The molecule has 0 bridgehead atoms. The number of nitrogens with zero attached hydrogens (tertiary/aromatic N) is 3. The number of tetrazole rings is 1. The molecule has 0 radical (unpaired) electrons. The van der Waals surface area contributed by atoms with Gasteiger partial charge >= 0.3 is 11.9 Å². The number of H-pyrrole nitrogens is 1. The fourth-order valence-electron chi connectivity index (χ4n) is 5.18. The number of ether oxygens (including phenoxy) is 2. The zero-order valence-corrected chi connectivity index (χ0v) is 31.3. The maximum absolute atomic E-state index is 12.3. The zero-order chi connectivity index (χ0) is 40.0. The second kappa shape index (κ2) is 23.9. The third kappa shape index (κ3) is 22.9. The van der Waals surface area contributed by atoms with Gasteiger partial charge in [0.05, 0.1) is 25.6 Å². The van der Waals surface area contributed by atoms with Crippen molar-refractivity contribution in [1.29, 1.82) is 0 Å². The lowest BCUT2D eigenvalue weighted by atomic mass is 9.79. The van der Waals surface area contributed by atoms with Crippen LogP contribution in [-0.2, 0) is 59.5 Å². The van der Waals surface area contributed by atoms with Crippen molar-refractivity contribution in [2.45, 2.75) is 97.6 Å². The van der Waals surface area contributed by atoms with Crippen molar-refractivity contribution in [2.24, 2.45) is 11.3 Å². The number of hydrogen-bond acceptors (Lipinski definition) is 14. The summed E-state index contributed by atoms with van der Waals surface area (Å²) < 4.78 is 37.2. The molecule has 0 aliphatic heterocycles. The van der Waals surface area contributed by atoms with Crippen molar-refractivity contribution >= 4 is 51.4 Å². The first-order valence-electron chi connectivity index (χ1n) is 17.0. The van der Waals surface area contributed by atoms with Gasteiger partial charge in [0.15, 0.2) is 0 Å². The second-order valence-electron chi connectivity index (χ2n) is 13.4. The monoisotopic (exact) mass is 776 g/mol. The van der Waals surface area contributed by atoms with Crippen molar-refractivity contribution in [2.75, 3.05) is 38.7 Å². The molecule has 0 aromatic carbocycles. The van der Waals surface area contributed by atoms with Crippen molar-refractivity contribution < 1.29 is 61.7 Å². The molecule has 53 heavy (non-hydrogen) atoms. The van der Waals surface area contributed by atoms with Crippen molar-refractivity contribution in [3.63, 3.8) is 0 Å². The normalized spacial score (nSPS) is 13.3. The van der Waals surface area contributed by atoms with Crippen LogP contribution in [0.4, 0.5) is 0 Å². The van der Waals surface area contributed by atoms with E-state index in [1.807, 2.05) is 20.8 Å². The lowest BCUT2D eigenvalue weighted by Gasteiger charge is -2.26. The number of carboxylic acid groups (broad SMARTS) is 2. The van der Waals surface area contributed by atoms with Gasteiger partial charge in [-0.3, -0.25) is 23.9 Å². The highest BCUT2D eigenvalue weighted by molar-refractivity contribution is 7.90. The molecular formula is C31H52N8O13S. The Morgan fingerprint density at radius 2 is 1.47 bits per heavy atom. The minimum absolute atomic E-state index is 0.00760. The number of rotatable bonds is 29. The summed E-state index contributed by atoms with van der Waals surface area (Å²) in [4.78, 5) is 82.5. The Kier molecular flexibility index (Phi) is 20.9. The van der Waals surface area contributed by atoms with E-state index in [2.05, 4.69) is 41.3 Å². The van der Waals surface area contributed by atoms with E-state index in [-0.39, 0.29) is 82.0 Å². The second-order valence-corrected chi connectivity index (χ2v) is 15.2. The molecule has 3 unspecified atom stereocenters. The Labute approximate surface area is 307 Å². The van der Waals surface area contributed by atoms with Crippen LogP contribution < -0.4 is 20.7 Å². The quantitative estimate of drug-likeness (QED) is 0.0472. The molecule has 0 saturated heterocycles. The Morgan fingerprint density at radius 1 is 0.849 bits per heavy atom. The number of aliphatic carboxylic acids is 2. The number of hydrogen-bond donors (Lipinski definition) is 7. The SMILES string of the molecule is CC(=O)CCC(NC(=O)CCC(NC(=O)COCCOCCNC(=O)CCCS(=O)(=O)NC(=O)CC(C)CC(C)(C)Cc1nnn[nH]1)C(=O)O)C(=O)O. The predicted octanol–water partition coefficient (Wildman–Crippen LogP) is -1.15. The largest absolute Gasteiger partial charge is 0.480 e. The molecule has 0 spiro atoms. The Morgan fingerprint density at radius 3 is 2.08 bits per heavy atom.